The van der Waals surface area contributed by atoms with Crippen LogP contribution in [0.25, 0.3) is 0 Å². The molecule has 1 aromatic carbocycles. The molecular formula is C21H30N6O. The number of aryl methyl sites for hydroxylation is 3. The lowest BCUT2D eigenvalue weighted by Gasteiger charge is -2.16. The molecule has 28 heavy (non-hydrogen) atoms. The fraction of sp³-hybridized carbons (Fsp3) is 0.476. The summed E-state index contributed by atoms with van der Waals surface area (Å²) in [6, 6.07) is 10.3. The Hall–Kier alpha value is -2.83. The molecule has 1 aliphatic rings. The van der Waals surface area contributed by atoms with Gasteiger partial charge < -0.3 is 15.5 Å². The number of guanidine groups is 1. The van der Waals surface area contributed by atoms with Crippen LogP contribution in [0.2, 0.25) is 0 Å². The number of rotatable bonds is 7. The van der Waals surface area contributed by atoms with Gasteiger partial charge in [0.2, 0.25) is 5.91 Å². The molecule has 0 atom stereocenters. The quantitative estimate of drug-likeness (QED) is 0.438. The number of carbonyl (C=O) groups excluding carboxylic acids is 1. The maximum absolute atomic E-state index is 11.8. The van der Waals surface area contributed by atoms with Gasteiger partial charge in [0.15, 0.2) is 5.96 Å². The minimum absolute atomic E-state index is 0.218. The Morgan fingerprint density at radius 3 is 2.61 bits per heavy atom. The van der Waals surface area contributed by atoms with Crippen molar-refractivity contribution in [1.82, 2.24) is 20.4 Å². The van der Waals surface area contributed by atoms with E-state index in [1.54, 1.807) is 7.05 Å². The Labute approximate surface area is 166 Å². The normalized spacial score (nSPS) is 14.6. The van der Waals surface area contributed by atoms with Crippen LogP contribution in [-0.2, 0) is 17.9 Å². The predicted molar refractivity (Wildman–Crippen MR) is 113 cm³/mol. The average molecular weight is 383 g/mol. The molecule has 0 bridgehead atoms. The number of amides is 1. The van der Waals surface area contributed by atoms with Crippen LogP contribution in [0.5, 0.6) is 0 Å². The van der Waals surface area contributed by atoms with Gasteiger partial charge in [-0.25, -0.2) is 0 Å². The number of hydrogen-bond donors (Lipinski definition) is 2. The molecule has 0 unspecified atom stereocenters. The van der Waals surface area contributed by atoms with Crippen molar-refractivity contribution >= 4 is 17.6 Å². The van der Waals surface area contributed by atoms with E-state index in [0.717, 1.165) is 55.4 Å². The first-order valence-corrected chi connectivity index (χ1v) is 9.91. The number of anilines is 1. The SMILES string of the molecule is CN=C(NCCCn1nc(C)cc1C)NCc1ccc(N2CCCC2=O)cc1. The summed E-state index contributed by atoms with van der Waals surface area (Å²) in [5.41, 5.74) is 4.39. The highest BCUT2D eigenvalue weighted by Crippen LogP contribution is 2.21. The van der Waals surface area contributed by atoms with Gasteiger partial charge in [0, 0.05) is 51.0 Å². The third kappa shape index (κ3) is 5.12. The van der Waals surface area contributed by atoms with Gasteiger partial charge in [-0.1, -0.05) is 12.1 Å². The van der Waals surface area contributed by atoms with Crippen molar-refractivity contribution in [2.75, 3.05) is 25.0 Å². The summed E-state index contributed by atoms with van der Waals surface area (Å²) in [6.45, 7) is 7.33. The zero-order valence-electron chi connectivity index (χ0n) is 17.0. The lowest BCUT2D eigenvalue weighted by Crippen LogP contribution is -2.37. The maximum Gasteiger partial charge on any atom is 0.227 e. The summed E-state index contributed by atoms with van der Waals surface area (Å²) in [6.07, 6.45) is 2.58. The molecule has 0 spiro atoms. The molecule has 150 valence electrons. The third-order valence-electron chi connectivity index (χ3n) is 4.95. The minimum atomic E-state index is 0.218. The minimum Gasteiger partial charge on any atom is -0.356 e. The molecule has 1 saturated heterocycles. The van der Waals surface area contributed by atoms with Crippen molar-refractivity contribution < 1.29 is 4.79 Å². The average Bonchev–Trinajstić information content (AvgIpc) is 3.26. The molecule has 2 heterocycles. The van der Waals surface area contributed by atoms with Gasteiger partial charge in [0.25, 0.3) is 0 Å². The lowest BCUT2D eigenvalue weighted by molar-refractivity contribution is -0.117. The van der Waals surface area contributed by atoms with E-state index in [2.05, 4.69) is 45.8 Å². The molecular weight excluding hydrogens is 352 g/mol. The largest absolute Gasteiger partial charge is 0.356 e. The van der Waals surface area contributed by atoms with Crippen molar-refractivity contribution in [2.45, 2.75) is 46.2 Å². The Balaban J connectivity index is 1.41. The molecule has 1 aliphatic heterocycles. The number of carbonyl (C=O) groups is 1. The zero-order chi connectivity index (χ0) is 19.9. The second kappa shape index (κ2) is 9.39. The van der Waals surface area contributed by atoms with Crippen molar-refractivity contribution in [2.24, 2.45) is 4.99 Å². The number of nitrogens with zero attached hydrogens (tertiary/aromatic N) is 4. The standard InChI is InChI=1S/C21H30N6O/c1-16-14-17(2)27(25-16)13-5-11-23-21(22-3)24-15-18-7-9-19(10-8-18)26-12-4-6-20(26)28/h7-10,14H,4-6,11-13,15H2,1-3H3,(H2,22,23,24). The second-order valence-electron chi connectivity index (χ2n) is 7.17. The van der Waals surface area contributed by atoms with Gasteiger partial charge in [-0.15, -0.1) is 0 Å². The summed E-state index contributed by atoms with van der Waals surface area (Å²) in [4.78, 5) is 18.0. The Bertz CT molecular complexity index is 824. The Morgan fingerprint density at radius 1 is 1.21 bits per heavy atom. The summed E-state index contributed by atoms with van der Waals surface area (Å²) < 4.78 is 2.04. The van der Waals surface area contributed by atoms with Crippen LogP contribution in [0.15, 0.2) is 35.3 Å². The van der Waals surface area contributed by atoms with E-state index >= 15 is 0 Å². The fourth-order valence-corrected chi connectivity index (χ4v) is 3.46. The highest BCUT2D eigenvalue weighted by Gasteiger charge is 2.21. The van der Waals surface area contributed by atoms with Crippen LogP contribution < -0.4 is 15.5 Å². The van der Waals surface area contributed by atoms with E-state index in [1.807, 2.05) is 28.6 Å². The molecule has 0 saturated carbocycles. The topological polar surface area (TPSA) is 74.6 Å². The first kappa shape index (κ1) is 19.9. The van der Waals surface area contributed by atoms with Crippen LogP contribution in [0.3, 0.4) is 0 Å². The van der Waals surface area contributed by atoms with Crippen LogP contribution in [-0.4, -0.2) is 41.8 Å². The molecule has 7 nitrogen and oxygen atoms in total. The summed E-state index contributed by atoms with van der Waals surface area (Å²) >= 11 is 0. The molecule has 7 heteroatoms. The highest BCUT2D eigenvalue weighted by atomic mass is 16.2. The summed E-state index contributed by atoms with van der Waals surface area (Å²) in [5, 5.41) is 11.2. The van der Waals surface area contributed by atoms with Crippen molar-refractivity contribution in [1.29, 1.82) is 0 Å². The van der Waals surface area contributed by atoms with Crippen LogP contribution in [0.1, 0.15) is 36.2 Å². The molecule has 1 amide bonds. The van der Waals surface area contributed by atoms with Crippen LogP contribution in [0.4, 0.5) is 5.69 Å². The van der Waals surface area contributed by atoms with Gasteiger partial charge in [-0.3, -0.25) is 14.5 Å². The van der Waals surface area contributed by atoms with E-state index in [0.29, 0.717) is 13.0 Å². The molecule has 2 N–H and O–H groups in total. The molecule has 3 rings (SSSR count). The molecule has 2 aromatic rings. The summed E-state index contributed by atoms with van der Waals surface area (Å²) in [7, 11) is 1.78. The molecule has 0 radical (unpaired) electrons. The number of aliphatic imine (C=N–C) groups is 1. The van der Waals surface area contributed by atoms with E-state index < -0.39 is 0 Å². The van der Waals surface area contributed by atoms with E-state index in [9.17, 15) is 4.79 Å². The molecule has 0 aliphatic carbocycles. The van der Waals surface area contributed by atoms with Crippen molar-refractivity contribution in [3.63, 3.8) is 0 Å². The van der Waals surface area contributed by atoms with Gasteiger partial charge in [0.05, 0.1) is 5.69 Å². The van der Waals surface area contributed by atoms with Crippen LogP contribution >= 0.6 is 0 Å². The van der Waals surface area contributed by atoms with E-state index in [-0.39, 0.29) is 5.91 Å². The first-order chi connectivity index (χ1) is 13.6. The van der Waals surface area contributed by atoms with Gasteiger partial charge in [0.1, 0.15) is 0 Å². The van der Waals surface area contributed by atoms with Crippen molar-refractivity contribution in [3.05, 3.63) is 47.3 Å². The van der Waals surface area contributed by atoms with Gasteiger partial charge in [-0.2, -0.15) is 5.10 Å². The van der Waals surface area contributed by atoms with Crippen LogP contribution in [0, 0.1) is 13.8 Å². The molecule has 1 fully saturated rings. The number of nitrogens with one attached hydrogen (secondary N) is 2. The third-order valence-corrected chi connectivity index (χ3v) is 4.95. The number of benzene rings is 1. The smallest absolute Gasteiger partial charge is 0.227 e. The van der Waals surface area contributed by atoms with Gasteiger partial charge >= 0.3 is 0 Å². The molecule has 1 aromatic heterocycles. The van der Waals surface area contributed by atoms with E-state index in [4.69, 9.17) is 0 Å². The Kier molecular flexibility index (Phi) is 6.68. The highest BCUT2D eigenvalue weighted by molar-refractivity contribution is 5.95. The number of hydrogen-bond acceptors (Lipinski definition) is 3. The predicted octanol–water partition coefficient (Wildman–Crippen LogP) is 2.38. The van der Waals surface area contributed by atoms with Gasteiger partial charge in [-0.05, 0) is 50.5 Å². The maximum atomic E-state index is 11.8. The summed E-state index contributed by atoms with van der Waals surface area (Å²) in [5.74, 6) is 1.00. The monoisotopic (exact) mass is 382 g/mol. The second-order valence-corrected chi connectivity index (χ2v) is 7.17. The number of aromatic nitrogens is 2. The zero-order valence-corrected chi connectivity index (χ0v) is 17.0. The fourth-order valence-electron chi connectivity index (χ4n) is 3.46. The van der Waals surface area contributed by atoms with E-state index in [1.165, 1.54) is 5.69 Å². The first-order valence-electron chi connectivity index (χ1n) is 9.91. The lowest BCUT2D eigenvalue weighted by atomic mass is 10.2. The van der Waals surface area contributed by atoms with Crippen molar-refractivity contribution in [3.8, 4) is 0 Å². The Morgan fingerprint density at radius 2 is 2.00 bits per heavy atom.